The molecule has 5 rings (SSSR count). The molecular formula is C32H35FN2O7. The molecule has 1 fully saturated rings. The summed E-state index contributed by atoms with van der Waals surface area (Å²) >= 11 is 0. The lowest BCUT2D eigenvalue weighted by molar-refractivity contribution is -0.132. The molecule has 1 saturated carbocycles. The van der Waals surface area contributed by atoms with Crippen LogP contribution in [0.1, 0.15) is 43.7 Å². The number of benzene rings is 3. The smallest absolute Gasteiger partial charge is 0.272 e. The quantitative estimate of drug-likeness (QED) is 0.372. The van der Waals surface area contributed by atoms with Crippen LogP contribution in [0.5, 0.6) is 28.7 Å². The van der Waals surface area contributed by atoms with Crippen LogP contribution in [0.3, 0.4) is 0 Å². The number of fused-ring (bicyclic) bond motifs is 1. The number of ether oxygens (including phenoxy) is 5. The van der Waals surface area contributed by atoms with Crippen LogP contribution in [0.4, 0.5) is 10.1 Å². The Hall–Kier alpha value is -4.47. The van der Waals surface area contributed by atoms with Gasteiger partial charge in [0.1, 0.15) is 18.5 Å². The van der Waals surface area contributed by atoms with Crippen LogP contribution in [0, 0.1) is 5.82 Å². The van der Waals surface area contributed by atoms with Crippen molar-refractivity contribution in [3.8, 4) is 28.7 Å². The van der Waals surface area contributed by atoms with E-state index < -0.39 is 29.8 Å². The highest BCUT2D eigenvalue weighted by atomic mass is 19.1. The highest BCUT2D eigenvalue weighted by Gasteiger charge is 2.40. The minimum absolute atomic E-state index is 0.0397. The van der Waals surface area contributed by atoms with Gasteiger partial charge in [0.25, 0.3) is 5.91 Å². The van der Waals surface area contributed by atoms with E-state index in [9.17, 15) is 14.0 Å². The molecule has 0 saturated heterocycles. The molecule has 1 heterocycles. The van der Waals surface area contributed by atoms with Crippen LogP contribution in [0.2, 0.25) is 0 Å². The molecule has 42 heavy (non-hydrogen) atoms. The first-order valence-corrected chi connectivity index (χ1v) is 14.0. The Bertz CT molecular complexity index is 1380. The SMILES string of the molecule is COc1cc([C@@H](C(=O)NC2CCCCC2)N(C(=O)[C@@H]2COc3ccccc3O2)c2ccc(F)cc2)cc(OC)c1OC. The molecular weight excluding hydrogens is 543 g/mol. The molecule has 3 aromatic carbocycles. The third kappa shape index (κ3) is 6.07. The van der Waals surface area contributed by atoms with Gasteiger partial charge in [-0.1, -0.05) is 31.4 Å². The lowest BCUT2D eigenvalue weighted by atomic mass is 9.94. The number of carbonyl (C=O) groups excluding carboxylic acids is 2. The maximum absolute atomic E-state index is 14.4. The fourth-order valence-electron chi connectivity index (χ4n) is 5.51. The first-order valence-electron chi connectivity index (χ1n) is 14.0. The fraction of sp³-hybridized carbons (Fsp3) is 0.375. The highest BCUT2D eigenvalue weighted by Crippen LogP contribution is 2.42. The van der Waals surface area contributed by atoms with Gasteiger partial charge in [0.2, 0.25) is 17.8 Å². The van der Waals surface area contributed by atoms with Gasteiger partial charge in [0, 0.05) is 11.7 Å². The van der Waals surface area contributed by atoms with Crippen LogP contribution in [-0.4, -0.2) is 51.9 Å². The van der Waals surface area contributed by atoms with E-state index in [-0.39, 0.29) is 12.6 Å². The second kappa shape index (κ2) is 13.0. The van der Waals surface area contributed by atoms with Gasteiger partial charge in [-0.25, -0.2) is 4.39 Å². The lowest BCUT2D eigenvalue weighted by Gasteiger charge is -2.36. The summed E-state index contributed by atoms with van der Waals surface area (Å²) in [5.74, 6) is 0.506. The maximum Gasteiger partial charge on any atom is 0.272 e. The fourth-order valence-corrected chi connectivity index (χ4v) is 5.51. The second-order valence-electron chi connectivity index (χ2n) is 10.3. The Morgan fingerprint density at radius 1 is 0.905 bits per heavy atom. The number of rotatable bonds is 9. The Balaban J connectivity index is 1.62. The Kier molecular flexibility index (Phi) is 9.00. The van der Waals surface area contributed by atoms with E-state index in [2.05, 4.69) is 5.32 Å². The number of amides is 2. The minimum Gasteiger partial charge on any atom is -0.493 e. The Morgan fingerprint density at radius 3 is 2.17 bits per heavy atom. The number of carbonyl (C=O) groups is 2. The molecule has 0 spiro atoms. The van der Waals surface area contributed by atoms with Crippen LogP contribution in [0.15, 0.2) is 60.7 Å². The van der Waals surface area contributed by atoms with Crippen molar-refractivity contribution < 1.29 is 37.7 Å². The first kappa shape index (κ1) is 29.0. The topological polar surface area (TPSA) is 95.6 Å². The van der Waals surface area contributed by atoms with E-state index in [1.807, 2.05) is 6.07 Å². The molecule has 0 unspecified atom stereocenters. The summed E-state index contributed by atoms with van der Waals surface area (Å²) in [6.07, 6.45) is 3.74. The summed E-state index contributed by atoms with van der Waals surface area (Å²) in [6, 6.07) is 14.5. The van der Waals surface area contributed by atoms with E-state index in [0.29, 0.717) is 40.0 Å². The number of methoxy groups -OCH3 is 3. The molecule has 10 heteroatoms. The van der Waals surface area contributed by atoms with Crippen molar-refractivity contribution in [3.63, 3.8) is 0 Å². The van der Waals surface area contributed by atoms with Gasteiger partial charge in [0.15, 0.2) is 23.0 Å². The van der Waals surface area contributed by atoms with Gasteiger partial charge >= 0.3 is 0 Å². The van der Waals surface area contributed by atoms with Crippen molar-refractivity contribution in [2.45, 2.75) is 50.3 Å². The van der Waals surface area contributed by atoms with Crippen molar-refractivity contribution in [2.75, 3.05) is 32.8 Å². The lowest BCUT2D eigenvalue weighted by Crippen LogP contribution is -2.52. The Labute approximate surface area is 244 Å². The summed E-state index contributed by atoms with van der Waals surface area (Å²) < 4.78 is 42.6. The summed E-state index contributed by atoms with van der Waals surface area (Å²) in [6.45, 7) is -0.0697. The molecule has 1 aliphatic heterocycles. The van der Waals surface area contributed by atoms with E-state index in [4.69, 9.17) is 23.7 Å². The second-order valence-corrected chi connectivity index (χ2v) is 10.3. The molecule has 2 atom stereocenters. The van der Waals surface area contributed by atoms with E-state index in [1.54, 1.807) is 30.3 Å². The number of nitrogens with one attached hydrogen (secondary N) is 1. The van der Waals surface area contributed by atoms with Crippen LogP contribution < -0.4 is 33.9 Å². The van der Waals surface area contributed by atoms with Crippen molar-refractivity contribution in [2.24, 2.45) is 0 Å². The van der Waals surface area contributed by atoms with Gasteiger partial charge in [0.05, 0.1) is 21.3 Å². The summed E-state index contributed by atoms with van der Waals surface area (Å²) in [5, 5.41) is 3.16. The van der Waals surface area contributed by atoms with Crippen LogP contribution in [-0.2, 0) is 9.59 Å². The predicted molar refractivity (Wildman–Crippen MR) is 154 cm³/mol. The third-order valence-electron chi connectivity index (χ3n) is 7.59. The van der Waals surface area contributed by atoms with E-state index >= 15 is 0 Å². The zero-order valence-electron chi connectivity index (χ0n) is 23.9. The highest BCUT2D eigenvalue weighted by molar-refractivity contribution is 6.04. The Morgan fingerprint density at radius 2 is 1.55 bits per heavy atom. The predicted octanol–water partition coefficient (Wildman–Crippen LogP) is 5.21. The molecule has 0 radical (unpaired) electrons. The van der Waals surface area contributed by atoms with E-state index in [0.717, 1.165) is 32.1 Å². The number of anilines is 1. The molecule has 0 aromatic heterocycles. The van der Waals surface area contributed by atoms with Crippen molar-refractivity contribution in [1.29, 1.82) is 0 Å². The molecule has 1 N–H and O–H groups in total. The van der Waals surface area contributed by atoms with Crippen molar-refractivity contribution >= 4 is 17.5 Å². The maximum atomic E-state index is 14.4. The molecule has 0 bridgehead atoms. The number of hydrogen-bond acceptors (Lipinski definition) is 7. The molecule has 2 amide bonds. The normalized spacial score (nSPS) is 17.1. The zero-order valence-corrected chi connectivity index (χ0v) is 23.9. The van der Waals surface area contributed by atoms with Crippen molar-refractivity contribution in [3.05, 3.63) is 72.0 Å². The first-order chi connectivity index (χ1) is 20.4. The number of hydrogen-bond donors (Lipinski definition) is 1. The minimum atomic E-state index is -1.20. The average Bonchev–Trinajstić information content (AvgIpc) is 3.03. The number of halogens is 1. The monoisotopic (exact) mass is 578 g/mol. The summed E-state index contributed by atoms with van der Waals surface area (Å²) in [5.41, 5.74) is 0.717. The van der Waals surface area contributed by atoms with Crippen LogP contribution in [0.25, 0.3) is 0 Å². The van der Waals surface area contributed by atoms with Gasteiger partial charge in [-0.05, 0) is 66.9 Å². The average molecular weight is 579 g/mol. The molecule has 2 aliphatic rings. The zero-order chi connectivity index (χ0) is 29.6. The van der Waals surface area contributed by atoms with Gasteiger partial charge < -0.3 is 29.0 Å². The third-order valence-corrected chi connectivity index (χ3v) is 7.59. The number of nitrogens with zero attached hydrogens (tertiary/aromatic N) is 1. The van der Waals surface area contributed by atoms with Crippen molar-refractivity contribution in [1.82, 2.24) is 5.32 Å². The molecule has 9 nitrogen and oxygen atoms in total. The summed E-state index contributed by atoms with van der Waals surface area (Å²) in [4.78, 5) is 30.0. The van der Waals surface area contributed by atoms with Gasteiger partial charge in [-0.15, -0.1) is 0 Å². The molecule has 222 valence electrons. The standard InChI is InChI=1S/C32H35FN2O7/c1-38-26-17-20(18-27(39-2)30(26)40-3)29(31(36)34-22-9-5-4-6-10-22)35(23-15-13-21(33)14-16-23)32(37)28-19-41-24-11-7-8-12-25(24)42-28/h7-8,11-18,22,28-29H,4-6,9-10,19H2,1-3H3,(H,34,36)/t28-,29-/m0/s1. The van der Waals surface area contributed by atoms with Gasteiger partial charge in [-0.2, -0.15) is 0 Å². The number of para-hydroxylation sites is 2. The van der Waals surface area contributed by atoms with Gasteiger partial charge in [-0.3, -0.25) is 14.5 Å². The van der Waals surface area contributed by atoms with E-state index in [1.165, 1.54) is 50.5 Å². The molecule has 1 aliphatic carbocycles. The largest absolute Gasteiger partial charge is 0.493 e. The summed E-state index contributed by atoms with van der Waals surface area (Å²) in [7, 11) is 4.44. The van der Waals surface area contributed by atoms with Crippen LogP contribution >= 0.6 is 0 Å². The molecule has 3 aromatic rings.